The van der Waals surface area contributed by atoms with Gasteiger partial charge in [-0.25, -0.2) is 0 Å². The molecule has 0 aliphatic heterocycles. The first kappa shape index (κ1) is 14.0. The minimum Gasteiger partial charge on any atom is -0.491 e. The molecule has 0 saturated carbocycles. The molecule has 1 aromatic rings. The number of rotatable bonds is 5. The van der Waals surface area contributed by atoms with E-state index in [9.17, 15) is 0 Å². The summed E-state index contributed by atoms with van der Waals surface area (Å²) in [5.74, 6) is 0.947. The Bertz CT molecular complexity index is 348. The molecule has 0 radical (unpaired) electrons. The number of aryl methyl sites for hydroxylation is 2. The average molecular weight is 235 g/mol. The Hall–Kier alpha value is -1.02. The van der Waals surface area contributed by atoms with Gasteiger partial charge in [-0.2, -0.15) is 0 Å². The topological polar surface area (TPSA) is 35.2 Å². The largest absolute Gasteiger partial charge is 0.491 e. The summed E-state index contributed by atoms with van der Waals surface area (Å²) < 4.78 is 5.73. The van der Waals surface area contributed by atoms with E-state index in [1.54, 1.807) is 0 Å². The van der Waals surface area contributed by atoms with Gasteiger partial charge >= 0.3 is 0 Å². The standard InChI is InChI=1S/C15H25NO/c1-6-7-14(16)15-11(4)8-13(9-12(15)5)17-10(2)3/h8-10,14H,6-7,16H2,1-5H3. The quantitative estimate of drug-likeness (QED) is 0.840. The Morgan fingerprint density at radius 2 is 1.71 bits per heavy atom. The molecule has 0 bridgehead atoms. The summed E-state index contributed by atoms with van der Waals surface area (Å²) in [6.07, 6.45) is 2.36. The van der Waals surface area contributed by atoms with Gasteiger partial charge in [0.05, 0.1) is 6.10 Å². The Morgan fingerprint density at radius 3 is 2.12 bits per heavy atom. The zero-order valence-corrected chi connectivity index (χ0v) is 11.7. The highest BCUT2D eigenvalue weighted by atomic mass is 16.5. The fourth-order valence-electron chi connectivity index (χ4n) is 2.32. The van der Waals surface area contributed by atoms with Crippen LogP contribution in [0.2, 0.25) is 0 Å². The molecule has 1 unspecified atom stereocenters. The van der Waals surface area contributed by atoms with Crippen LogP contribution in [0.5, 0.6) is 5.75 Å². The first-order valence-electron chi connectivity index (χ1n) is 6.49. The molecule has 96 valence electrons. The third-order valence-electron chi connectivity index (χ3n) is 2.91. The molecule has 0 aromatic heterocycles. The smallest absolute Gasteiger partial charge is 0.120 e. The van der Waals surface area contributed by atoms with Crippen molar-refractivity contribution in [3.8, 4) is 5.75 Å². The van der Waals surface area contributed by atoms with Crippen LogP contribution in [0.3, 0.4) is 0 Å². The van der Waals surface area contributed by atoms with Gasteiger partial charge in [-0.15, -0.1) is 0 Å². The summed E-state index contributed by atoms with van der Waals surface area (Å²) in [6.45, 7) is 10.5. The highest BCUT2D eigenvalue weighted by Gasteiger charge is 2.13. The van der Waals surface area contributed by atoms with E-state index < -0.39 is 0 Å². The van der Waals surface area contributed by atoms with Crippen molar-refractivity contribution < 1.29 is 4.74 Å². The molecule has 2 heteroatoms. The molecular weight excluding hydrogens is 210 g/mol. The molecule has 1 atom stereocenters. The van der Waals surface area contributed by atoms with Crippen molar-refractivity contribution in [3.05, 3.63) is 28.8 Å². The highest BCUT2D eigenvalue weighted by molar-refractivity contribution is 5.42. The summed E-state index contributed by atoms with van der Waals surface area (Å²) in [5, 5.41) is 0. The second kappa shape index (κ2) is 6.06. The lowest BCUT2D eigenvalue weighted by molar-refractivity contribution is 0.242. The highest BCUT2D eigenvalue weighted by Crippen LogP contribution is 2.28. The summed E-state index contributed by atoms with van der Waals surface area (Å²) in [6, 6.07) is 4.34. The van der Waals surface area contributed by atoms with E-state index in [1.165, 1.54) is 16.7 Å². The summed E-state index contributed by atoms with van der Waals surface area (Å²) in [5.41, 5.74) is 9.97. The molecule has 0 aliphatic carbocycles. The van der Waals surface area contributed by atoms with Crippen LogP contribution < -0.4 is 10.5 Å². The van der Waals surface area contributed by atoms with E-state index in [0.29, 0.717) is 0 Å². The molecule has 0 saturated heterocycles. The monoisotopic (exact) mass is 235 g/mol. The van der Waals surface area contributed by atoms with Crippen LogP contribution in [0.15, 0.2) is 12.1 Å². The Balaban J connectivity index is 3.01. The molecule has 2 N–H and O–H groups in total. The van der Waals surface area contributed by atoms with Crippen molar-refractivity contribution >= 4 is 0 Å². The Labute approximate surface area is 105 Å². The predicted molar refractivity (Wildman–Crippen MR) is 73.5 cm³/mol. The van der Waals surface area contributed by atoms with Crippen molar-refractivity contribution in [1.29, 1.82) is 0 Å². The number of nitrogens with two attached hydrogens (primary N) is 1. The molecule has 0 fully saturated rings. The van der Waals surface area contributed by atoms with E-state index >= 15 is 0 Å². The van der Waals surface area contributed by atoms with Gasteiger partial charge < -0.3 is 10.5 Å². The van der Waals surface area contributed by atoms with Gasteiger partial charge in [0, 0.05) is 6.04 Å². The van der Waals surface area contributed by atoms with Crippen LogP contribution in [0.4, 0.5) is 0 Å². The lowest BCUT2D eigenvalue weighted by Gasteiger charge is -2.19. The third-order valence-corrected chi connectivity index (χ3v) is 2.91. The van der Waals surface area contributed by atoms with Gasteiger partial charge in [-0.1, -0.05) is 13.3 Å². The summed E-state index contributed by atoms with van der Waals surface area (Å²) in [4.78, 5) is 0. The molecule has 0 amide bonds. The van der Waals surface area contributed by atoms with Crippen LogP contribution in [-0.4, -0.2) is 6.10 Å². The maximum atomic E-state index is 6.22. The molecular formula is C15H25NO. The Kier molecular flexibility index (Phi) is 5.01. The SMILES string of the molecule is CCCC(N)c1c(C)cc(OC(C)C)cc1C. The van der Waals surface area contributed by atoms with Gasteiger partial charge in [0.1, 0.15) is 5.75 Å². The molecule has 0 heterocycles. The molecule has 0 aliphatic rings. The molecule has 0 spiro atoms. The maximum Gasteiger partial charge on any atom is 0.120 e. The van der Waals surface area contributed by atoms with Gasteiger partial charge in [-0.05, 0) is 62.9 Å². The molecule has 1 aromatic carbocycles. The molecule has 1 rings (SSSR count). The predicted octanol–water partition coefficient (Wildman–Crippen LogP) is 3.89. The normalized spacial score (nSPS) is 12.9. The minimum atomic E-state index is 0.146. The summed E-state index contributed by atoms with van der Waals surface area (Å²) >= 11 is 0. The van der Waals surface area contributed by atoms with Gasteiger partial charge in [0.25, 0.3) is 0 Å². The van der Waals surface area contributed by atoms with Crippen molar-refractivity contribution in [2.75, 3.05) is 0 Å². The van der Waals surface area contributed by atoms with E-state index in [1.807, 2.05) is 13.8 Å². The van der Waals surface area contributed by atoms with Crippen LogP contribution in [0.25, 0.3) is 0 Å². The van der Waals surface area contributed by atoms with Crippen LogP contribution in [0, 0.1) is 13.8 Å². The maximum absolute atomic E-state index is 6.22. The first-order valence-corrected chi connectivity index (χ1v) is 6.49. The summed E-state index contributed by atoms with van der Waals surface area (Å²) in [7, 11) is 0. The number of ether oxygens (including phenoxy) is 1. The van der Waals surface area contributed by atoms with E-state index in [4.69, 9.17) is 10.5 Å². The van der Waals surface area contributed by atoms with Crippen molar-refractivity contribution in [1.82, 2.24) is 0 Å². The van der Waals surface area contributed by atoms with Crippen molar-refractivity contribution in [2.24, 2.45) is 5.73 Å². The van der Waals surface area contributed by atoms with Gasteiger partial charge in [0.2, 0.25) is 0 Å². The number of benzene rings is 1. The van der Waals surface area contributed by atoms with E-state index in [-0.39, 0.29) is 12.1 Å². The molecule has 17 heavy (non-hydrogen) atoms. The number of hydrogen-bond acceptors (Lipinski definition) is 2. The number of hydrogen-bond donors (Lipinski definition) is 1. The van der Waals surface area contributed by atoms with Crippen LogP contribution in [0.1, 0.15) is 56.3 Å². The fourth-order valence-corrected chi connectivity index (χ4v) is 2.32. The Morgan fingerprint density at radius 1 is 1.18 bits per heavy atom. The second-order valence-electron chi connectivity index (χ2n) is 5.03. The van der Waals surface area contributed by atoms with Crippen LogP contribution in [-0.2, 0) is 0 Å². The zero-order valence-electron chi connectivity index (χ0n) is 11.7. The van der Waals surface area contributed by atoms with Crippen molar-refractivity contribution in [2.45, 2.75) is 59.6 Å². The van der Waals surface area contributed by atoms with Crippen LogP contribution >= 0.6 is 0 Å². The fraction of sp³-hybridized carbons (Fsp3) is 0.600. The second-order valence-corrected chi connectivity index (χ2v) is 5.03. The van der Waals surface area contributed by atoms with Gasteiger partial charge in [-0.3, -0.25) is 0 Å². The third kappa shape index (κ3) is 3.74. The molecule has 2 nitrogen and oxygen atoms in total. The van der Waals surface area contributed by atoms with E-state index in [2.05, 4.69) is 32.9 Å². The lowest BCUT2D eigenvalue weighted by atomic mass is 9.94. The lowest BCUT2D eigenvalue weighted by Crippen LogP contribution is -2.14. The first-order chi connectivity index (χ1) is 7.95. The average Bonchev–Trinajstić information content (AvgIpc) is 2.15. The van der Waals surface area contributed by atoms with Gasteiger partial charge in [0.15, 0.2) is 0 Å². The minimum absolute atomic E-state index is 0.146. The zero-order chi connectivity index (χ0) is 13.0. The van der Waals surface area contributed by atoms with Crippen molar-refractivity contribution in [3.63, 3.8) is 0 Å². The van der Waals surface area contributed by atoms with E-state index in [0.717, 1.165) is 18.6 Å².